The lowest BCUT2D eigenvalue weighted by atomic mass is 10.1. The molecule has 9 nitrogen and oxygen atoms in total. The zero-order valence-electron chi connectivity index (χ0n) is 26.5. The summed E-state index contributed by atoms with van der Waals surface area (Å²) in [5, 5.41) is 0. The van der Waals surface area contributed by atoms with Gasteiger partial charge in [-0.05, 0) is 27.6 Å². The van der Waals surface area contributed by atoms with Crippen LogP contribution in [-0.2, 0) is 69.0 Å². The Hall–Kier alpha value is -3.10. The molecule has 2 aliphatic heterocycles. The average Bonchev–Trinajstić information content (AvgIpc) is 3.11. The molecule has 6 rings (SSSR count). The van der Waals surface area contributed by atoms with Gasteiger partial charge in [-0.3, -0.25) is 4.18 Å². The van der Waals surface area contributed by atoms with Gasteiger partial charge >= 0.3 is 0 Å². The van der Waals surface area contributed by atoms with Gasteiger partial charge in [0, 0.05) is 5.56 Å². The molecule has 0 N–H and O–H groups in total. The summed E-state index contributed by atoms with van der Waals surface area (Å²) in [6, 6.07) is 39.4. The van der Waals surface area contributed by atoms with Crippen LogP contribution in [-0.4, -0.2) is 67.4 Å². The Bertz CT molecular complexity index is 1580. The van der Waals surface area contributed by atoms with Gasteiger partial charge in [0.05, 0.1) is 26.4 Å². The number of hydrogen-bond acceptors (Lipinski definition) is 9. The van der Waals surface area contributed by atoms with E-state index in [1.54, 1.807) is 0 Å². The molecule has 0 bridgehead atoms. The van der Waals surface area contributed by atoms with E-state index in [-0.39, 0.29) is 24.9 Å². The van der Waals surface area contributed by atoms with E-state index in [4.69, 9.17) is 27.9 Å². The third-order valence-electron chi connectivity index (χ3n) is 8.27. The first-order chi connectivity index (χ1) is 23.4. The second-order valence-electron chi connectivity index (χ2n) is 11.8. The van der Waals surface area contributed by atoms with Crippen LogP contribution in [0.1, 0.15) is 28.5 Å². The van der Waals surface area contributed by atoms with Crippen molar-refractivity contribution in [3.05, 3.63) is 144 Å². The largest absolute Gasteiger partial charge is 0.726 e. The zero-order valence-corrected chi connectivity index (χ0v) is 28.1. The van der Waals surface area contributed by atoms with Crippen LogP contribution in [0.2, 0.25) is 0 Å². The maximum absolute atomic E-state index is 11.7. The normalized spacial score (nSPS) is 26.2. The fourth-order valence-corrected chi connectivity index (χ4v) is 9.05. The van der Waals surface area contributed by atoms with Gasteiger partial charge in [0.1, 0.15) is 47.8 Å². The van der Waals surface area contributed by atoms with Crippen LogP contribution < -0.4 is 0 Å². The lowest BCUT2D eigenvalue weighted by Gasteiger charge is -2.40. The smallest absolute Gasteiger partial charge is 0.218 e. The molecular weight excluding hydrogens is 653 g/mol. The van der Waals surface area contributed by atoms with Crippen LogP contribution in [0.4, 0.5) is 0 Å². The topological polar surface area (TPSA) is 113 Å². The van der Waals surface area contributed by atoms with Gasteiger partial charge in [0.2, 0.25) is 10.4 Å². The standard InChI is InChI=1S/C37H40O9S2/c38-48(39,40)46-32-24-44-37(31-19-11-4-12-20-31)45-33(32)25-47-26-34(41-21-28-13-5-1-6-14-28)36(43-23-30-17-9-3-10-18-30)35(27-47)42-22-29-15-7-2-8-16-29/h1-20,32-37H,21-27H2/t32?,33-,34-,35+,36?,37?,47?/m1/s1. The SMILES string of the molecule is O=S(=O)([O-])OC1COC(c2ccccc2)O[C@@H]1C[S+]1C[C@H](OCc2ccccc2)C(OCc2ccccc2)[C@H](OCc2ccccc2)C1. The molecular formula is C37H40O9S2. The highest BCUT2D eigenvalue weighted by Crippen LogP contribution is 2.32. The summed E-state index contributed by atoms with van der Waals surface area (Å²) in [6.45, 7) is 1.08. The molecule has 4 aromatic rings. The molecule has 0 aromatic heterocycles. The van der Waals surface area contributed by atoms with Gasteiger partial charge in [0.15, 0.2) is 6.29 Å². The molecule has 11 heteroatoms. The highest BCUT2D eigenvalue weighted by Gasteiger charge is 2.49. The molecule has 2 fully saturated rings. The first-order valence-electron chi connectivity index (χ1n) is 16.0. The molecule has 254 valence electrons. The molecule has 0 aliphatic carbocycles. The molecule has 2 saturated heterocycles. The lowest BCUT2D eigenvalue weighted by Crippen LogP contribution is -2.57. The van der Waals surface area contributed by atoms with Crippen molar-refractivity contribution in [1.82, 2.24) is 0 Å². The van der Waals surface area contributed by atoms with Crippen molar-refractivity contribution < 1.29 is 40.8 Å². The third kappa shape index (κ3) is 10.2. The predicted octanol–water partition coefficient (Wildman–Crippen LogP) is 5.33. The number of ether oxygens (including phenoxy) is 5. The molecule has 0 saturated carbocycles. The summed E-state index contributed by atoms with van der Waals surface area (Å²) < 4.78 is 72.2. The van der Waals surface area contributed by atoms with Crippen LogP contribution in [0.25, 0.3) is 0 Å². The number of rotatable bonds is 14. The van der Waals surface area contributed by atoms with E-state index in [0.29, 0.717) is 37.1 Å². The molecule has 4 aromatic carbocycles. The predicted molar refractivity (Wildman–Crippen MR) is 182 cm³/mol. The summed E-state index contributed by atoms with van der Waals surface area (Å²) >= 11 is 0. The Morgan fingerprint density at radius 3 is 1.58 bits per heavy atom. The number of benzene rings is 4. The minimum absolute atomic E-state index is 0.104. The fourth-order valence-electron chi connectivity index (χ4n) is 5.90. The van der Waals surface area contributed by atoms with Gasteiger partial charge in [0.25, 0.3) is 0 Å². The second-order valence-corrected chi connectivity index (χ2v) is 15.1. The first kappa shape index (κ1) is 34.8. The van der Waals surface area contributed by atoms with E-state index >= 15 is 0 Å². The highest BCUT2D eigenvalue weighted by atomic mass is 32.3. The molecule has 7 atom stereocenters. The fraction of sp³-hybridized carbons (Fsp3) is 0.351. The van der Waals surface area contributed by atoms with E-state index in [1.165, 1.54) is 0 Å². The quantitative estimate of drug-likeness (QED) is 0.0983. The van der Waals surface area contributed by atoms with Crippen molar-refractivity contribution in [2.24, 2.45) is 0 Å². The molecule has 0 radical (unpaired) electrons. The van der Waals surface area contributed by atoms with Crippen LogP contribution in [0.5, 0.6) is 0 Å². The minimum Gasteiger partial charge on any atom is -0.726 e. The highest BCUT2D eigenvalue weighted by molar-refractivity contribution is 7.97. The van der Waals surface area contributed by atoms with Crippen molar-refractivity contribution in [2.45, 2.75) is 56.6 Å². The van der Waals surface area contributed by atoms with Crippen molar-refractivity contribution >= 4 is 21.3 Å². The molecule has 2 heterocycles. The van der Waals surface area contributed by atoms with E-state index in [2.05, 4.69) is 0 Å². The Balaban J connectivity index is 1.25. The van der Waals surface area contributed by atoms with Crippen molar-refractivity contribution in [3.63, 3.8) is 0 Å². The van der Waals surface area contributed by atoms with E-state index in [1.807, 2.05) is 121 Å². The lowest BCUT2D eigenvalue weighted by molar-refractivity contribution is -0.245. The Kier molecular flexibility index (Phi) is 12.3. The Morgan fingerprint density at radius 1 is 0.646 bits per heavy atom. The summed E-state index contributed by atoms with van der Waals surface area (Å²) in [7, 11) is -5.39. The maximum atomic E-state index is 11.7. The second kappa shape index (κ2) is 17.0. The molecule has 0 amide bonds. The van der Waals surface area contributed by atoms with Gasteiger partial charge in [-0.1, -0.05) is 121 Å². The summed E-state index contributed by atoms with van der Waals surface area (Å²) in [5.41, 5.74) is 3.92. The zero-order chi connectivity index (χ0) is 33.2. The molecule has 0 spiro atoms. The third-order valence-corrected chi connectivity index (χ3v) is 11.2. The molecule has 48 heavy (non-hydrogen) atoms. The van der Waals surface area contributed by atoms with Crippen molar-refractivity contribution in [3.8, 4) is 0 Å². The van der Waals surface area contributed by atoms with Crippen LogP contribution in [0.3, 0.4) is 0 Å². The Labute approximate surface area is 285 Å². The van der Waals surface area contributed by atoms with E-state index < -0.39 is 39.8 Å². The average molecular weight is 693 g/mol. The first-order valence-corrected chi connectivity index (χ1v) is 19.0. The van der Waals surface area contributed by atoms with Gasteiger partial charge in [-0.15, -0.1) is 0 Å². The Morgan fingerprint density at radius 2 is 1.10 bits per heavy atom. The summed E-state index contributed by atoms with van der Waals surface area (Å²) in [4.78, 5) is 0. The van der Waals surface area contributed by atoms with Crippen LogP contribution in [0.15, 0.2) is 121 Å². The van der Waals surface area contributed by atoms with Gasteiger partial charge < -0.3 is 28.2 Å². The van der Waals surface area contributed by atoms with E-state index in [0.717, 1.165) is 22.3 Å². The number of hydrogen-bond donors (Lipinski definition) is 0. The monoisotopic (exact) mass is 692 g/mol. The molecule has 4 unspecified atom stereocenters. The van der Waals surface area contributed by atoms with Crippen molar-refractivity contribution in [2.75, 3.05) is 23.9 Å². The van der Waals surface area contributed by atoms with Crippen LogP contribution >= 0.6 is 0 Å². The molecule has 2 aliphatic rings. The minimum atomic E-state index is -5.00. The maximum Gasteiger partial charge on any atom is 0.218 e. The van der Waals surface area contributed by atoms with Crippen LogP contribution in [0, 0.1) is 0 Å². The van der Waals surface area contributed by atoms with Gasteiger partial charge in [-0.2, -0.15) is 0 Å². The van der Waals surface area contributed by atoms with E-state index in [9.17, 15) is 13.0 Å². The summed E-state index contributed by atoms with van der Waals surface area (Å²) in [6.07, 6.45) is -3.57. The van der Waals surface area contributed by atoms with Crippen molar-refractivity contribution in [1.29, 1.82) is 0 Å². The summed E-state index contributed by atoms with van der Waals surface area (Å²) in [5.74, 6) is 1.69. The van der Waals surface area contributed by atoms with Gasteiger partial charge in [-0.25, -0.2) is 8.42 Å².